The molecule has 120 valence electrons. The standard InChI is InChI=1S/C15H27N3O3/c1-12(18-8-4-5-13(18)19)14(20)17-9-6-15(21,7-10-17)11-16(2)3/h12,21H,4-11H2,1-3H3. The van der Waals surface area contributed by atoms with E-state index < -0.39 is 5.60 Å². The third kappa shape index (κ3) is 3.74. The molecule has 1 N–H and O–H groups in total. The van der Waals surface area contributed by atoms with Crippen LogP contribution in [0.4, 0.5) is 0 Å². The summed E-state index contributed by atoms with van der Waals surface area (Å²) >= 11 is 0. The van der Waals surface area contributed by atoms with Crippen LogP contribution in [0.25, 0.3) is 0 Å². The minimum Gasteiger partial charge on any atom is -0.388 e. The van der Waals surface area contributed by atoms with Gasteiger partial charge in [0.15, 0.2) is 0 Å². The van der Waals surface area contributed by atoms with Crippen molar-refractivity contribution in [2.24, 2.45) is 0 Å². The Morgan fingerprint density at radius 1 is 1.33 bits per heavy atom. The molecular weight excluding hydrogens is 270 g/mol. The van der Waals surface area contributed by atoms with E-state index in [0.29, 0.717) is 45.4 Å². The van der Waals surface area contributed by atoms with Crippen molar-refractivity contribution < 1.29 is 14.7 Å². The summed E-state index contributed by atoms with van der Waals surface area (Å²) in [6, 6.07) is -0.375. The lowest BCUT2D eigenvalue weighted by molar-refractivity contribution is -0.146. The topological polar surface area (TPSA) is 64.1 Å². The highest BCUT2D eigenvalue weighted by Crippen LogP contribution is 2.24. The Balaban J connectivity index is 1.89. The Hall–Kier alpha value is -1.14. The average Bonchev–Trinajstić information content (AvgIpc) is 2.83. The molecule has 0 aromatic rings. The number of likely N-dealkylation sites (N-methyl/N-ethyl adjacent to an activating group) is 1. The van der Waals surface area contributed by atoms with Crippen molar-refractivity contribution >= 4 is 11.8 Å². The largest absolute Gasteiger partial charge is 0.388 e. The van der Waals surface area contributed by atoms with Gasteiger partial charge in [-0.15, -0.1) is 0 Å². The summed E-state index contributed by atoms with van der Waals surface area (Å²) in [6.45, 7) is 4.25. The van der Waals surface area contributed by atoms with E-state index in [1.54, 1.807) is 9.80 Å². The molecule has 2 aliphatic rings. The number of hydrogen-bond acceptors (Lipinski definition) is 4. The molecular formula is C15H27N3O3. The number of carbonyl (C=O) groups is 2. The maximum atomic E-state index is 12.5. The number of amides is 2. The number of carbonyl (C=O) groups excluding carboxylic acids is 2. The summed E-state index contributed by atoms with van der Waals surface area (Å²) in [5, 5.41) is 10.5. The summed E-state index contributed by atoms with van der Waals surface area (Å²) < 4.78 is 0. The van der Waals surface area contributed by atoms with E-state index in [2.05, 4.69) is 0 Å². The van der Waals surface area contributed by atoms with Gasteiger partial charge in [-0.25, -0.2) is 0 Å². The zero-order valence-corrected chi connectivity index (χ0v) is 13.3. The van der Waals surface area contributed by atoms with Gasteiger partial charge in [0.05, 0.1) is 5.60 Å². The highest BCUT2D eigenvalue weighted by Gasteiger charge is 2.37. The molecule has 0 saturated carbocycles. The summed E-state index contributed by atoms with van der Waals surface area (Å²) in [5.74, 6) is 0.0918. The molecule has 1 atom stereocenters. The highest BCUT2D eigenvalue weighted by molar-refractivity contribution is 5.88. The zero-order chi connectivity index (χ0) is 15.6. The number of aliphatic hydroxyl groups is 1. The van der Waals surface area contributed by atoms with Gasteiger partial charge < -0.3 is 19.8 Å². The van der Waals surface area contributed by atoms with Crippen LogP contribution < -0.4 is 0 Å². The van der Waals surface area contributed by atoms with Crippen LogP contribution in [-0.2, 0) is 9.59 Å². The van der Waals surface area contributed by atoms with Crippen LogP contribution in [0.2, 0.25) is 0 Å². The Morgan fingerprint density at radius 3 is 2.43 bits per heavy atom. The van der Waals surface area contributed by atoms with Crippen molar-refractivity contribution in [2.45, 2.75) is 44.2 Å². The van der Waals surface area contributed by atoms with Gasteiger partial charge >= 0.3 is 0 Å². The van der Waals surface area contributed by atoms with Crippen LogP contribution in [0.3, 0.4) is 0 Å². The van der Waals surface area contributed by atoms with Crippen molar-refractivity contribution in [1.82, 2.24) is 14.7 Å². The third-order valence-electron chi connectivity index (χ3n) is 4.55. The van der Waals surface area contributed by atoms with Crippen molar-refractivity contribution in [3.05, 3.63) is 0 Å². The average molecular weight is 297 g/mol. The first-order valence-electron chi connectivity index (χ1n) is 7.78. The van der Waals surface area contributed by atoms with Gasteiger partial charge in [-0.3, -0.25) is 9.59 Å². The second-order valence-electron chi connectivity index (χ2n) is 6.65. The molecule has 1 unspecified atom stereocenters. The number of nitrogens with zero attached hydrogens (tertiary/aromatic N) is 3. The van der Waals surface area contributed by atoms with Gasteiger partial charge in [-0.2, -0.15) is 0 Å². The fraction of sp³-hybridized carbons (Fsp3) is 0.867. The molecule has 0 bridgehead atoms. The van der Waals surface area contributed by atoms with E-state index in [1.165, 1.54) is 0 Å². The van der Waals surface area contributed by atoms with E-state index in [-0.39, 0.29) is 17.9 Å². The van der Waals surface area contributed by atoms with Gasteiger partial charge in [0.1, 0.15) is 6.04 Å². The Labute approximate surface area is 126 Å². The van der Waals surface area contributed by atoms with E-state index in [4.69, 9.17) is 0 Å². The van der Waals surface area contributed by atoms with Crippen molar-refractivity contribution in [1.29, 1.82) is 0 Å². The lowest BCUT2D eigenvalue weighted by Gasteiger charge is -2.41. The van der Waals surface area contributed by atoms with Gasteiger partial charge in [-0.1, -0.05) is 0 Å². The molecule has 2 aliphatic heterocycles. The van der Waals surface area contributed by atoms with Crippen LogP contribution in [0.5, 0.6) is 0 Å². The zero-order valence-electron chi connectivity index (χ0n) is 13.3. The first kappa shape index (κ1) is 16.2. The Morgan fingerprint density at radius 2 is 1.95 bits per heavy atom. The first-order valence-corrected chi connectivity index (χ1v) is 7.78. The van der Waals surface area contributed by atoms with E-state index in [9.17, 15) is 14.7 Å². The van der Waals surface area contributed by atoms with E-state index >= 15 is 0 Å². The summed E-state index contributed by atoms with van der Waals surface area (Å²) in [5.41, 5.74) is -0.701. The molecule has 6 nitrogen and oxygen atoms in total. The molecule has 0 radical (unpaired) electrons. The Kier molecular flexibility index (Phi) is 4.88. The van der Waals surface area contributed by atoms with Gasteiger partial charge in [0.25, 0.3) is 0 Å². The highest BCUT2D eigenvalue weighted by atomic mass is 16.3. The van der Waals surface area contributed by atoms with Crippen molar-refractivity contribution in [2.75, 3.05) is 40.3 Å². The minimum absolute atomic E-state index is 0.0113. The second-order valence-corrected chi connectivity index (χ2v) is 6.65. The monoisotopic (exact) mass is 297 g/mol. The second kappa shape index (κ2) is 6.32. The molecule has 2 rings (SSSR count). The fourth-order valence-electron chi connectivity index (χ4n) is 3.37. The third-order valence-corrected chi connectivity index (χ3v) is 4.55. The van der Waals surface area contributed by atoms with Crippen LogP contribution in [0.15, 0.2) is 0 Å². The predicted octanol–water partition coefficient (Wildman–Crippen LogP) is -0.0876. The van der Waals surface area contributed by atoms with E-state index in [0.717, 1.165) is 6.42 Å². The molecule has 21 heavy (non-hydrogen) atoms. The van der Waals surface area contributed by atoms with E-state index in [1.807, 2.05) is 25.9 Å². The van der Waals surface area contributed by atoms with Crippen molar-refractivity contribution in [3.8, 4) is 0 Å². The smallest absolute Gasteiger partial charge is 0.245 e. The SMILES string of the molecule is CC(C(=O)N1CCC(O)(CN(C)C)CC1)N1CCCC1=O. The van der Waals surface area contributed by atoms with Gasteiger partial charge in [0, 0.05) is 32.6 Å². The quantitative estimate of drug-likeness (QED) is 0.788. The molecule has 0 aromatic carbocycles. The summed E-state index contributed by atoms with van der Waals surface area (Å²) in [6.07, 6.45) is 2.59. The fourth-order valence-corrected chi connectivity index (χ4v) is 3.37. The number of rotatable bonds is 4. The number of likely N-dealkylation sites (tertiary alicyclic amines) is 2. The number of hydrogen-bond donors (Lipinski definition) is 1. The molecule has 6 heteroatoms. The summed E-state index contributed by atoms with van der Waals surface area (Å²) in [7, 11) is 3.88. The van der Waals surface area contributed by atoms with Gasteiger partial charge in [0.2, 0.25) is 11.8 Å². The minimum atomic E-state index is -0.701. The summed E-state index contributed by atoms with van der Waals surface area (Å²) in [4.78, 5) is 29.7. The molecule has 0 spiro atoms. The maximum absolute atomic E-state index is 12.5. The maximum Gasteiger partial charge on any atom is 0.245 e. The van der Waals surface area contributed by atoms with Crippen LogP contribution >= 0.6 is 0 Å². The predicted molar refractivity (Wildman–Crippen MR) is 79.7 cm³/mol. The normalized spacial score (nSPS) is 23.8. The van der Waals surface area contributed by atoms with Crippen molar-refractivity contribution in [3.63, 3.8) is 0 Å². The Bertz CT molecular complexity index is 403. The van der Waals surface area contributed by atoms with Crippen LogP contribution in [0, 0.1) is 0 Å². The molecule has 0 aliphatic carbocycles. The molecule has 0 aromatic heterocycles. The molecule has 2 heterocycles. The lowest BCUT2D eigenvalue weighted by Crippen LogP contribution is -2.55. The molecule has 2 saturated heterocycles. The molecule has 2 amide bonds. The van der Waals surface area contributed by atoms with Gasteiger partial charge in [-0.05, 0) is 40.3 Å². The first-order chi connectivity index (χ1) is 9.82. The lowest BCUT2D eigenvalue weighted by atomic mass is 9.90. The molecule has 2 fully saturated rings. The van der Waals surface area contributed by atoms with Crippen LogP contribution in [-0.4, -0.2) is 83.5 Å². The number of piperidine rings is 1. The van der Waals surface area contributed by atoms with Crippen LogP contribution in [0.1, 0.15) is 32.6 Å².